The lowest BCUT2D eigenvalue weighted by atomic mass is 10.3. The Morgan fingerprint density at radius 2 is 1.94 bits per heavy atom. The van der Waals surface area contributed by atoms with Gasteiger partial charge in [-0.25, -0.2) is 21.9 Å². The van der Waals surface area contributed by atoms with Gasteiger partial charge in [-0.1, -0.05) is 0 Å². The van der Waals surface area contributed by atoms with Crippen molar-refractivity contribution in [1.29, 1.82) is 0 Å². The first-order valence-electron chi connectivity index (χ1n) is 4.98. The molecule has 0 aliphatic carbocycles. The molecule has 0 saturated carbocycles. The first-order chi connectivity index (χ1) is 7.97. The SMILES string of the molecule is O=S(=O)(NCCCCCl)c1ccc(F)cc1F. The van der Waals surface area contributed by atoms with Crippen LogP contribution in [-0.2, 0) is 10.0 Å². The minimum absolute atomic E-state index is 0.172. The fourth-order valence-corrected chi connectivity index (χ4v) is 2.52. The number of unbranched alkanes of at least 4 members (excludes halogenated alkanes) is 1. The van der Waals surface area contributed by atoms with Crippen LogP contribution in [0.2, 0.25) is 0 Å². The smallest absolute Gasteiger partial charge is 0.211 e. The first-order valence-corrected chi connectivity index (χ1v) is 7.00. The van der Waals surface area contributed by atoms with Crippen molar-refractivity contribution in [3.8, 4) is 0 Å². The third kappa shape index (κ3) is 4.22. The summed E-state index contributed by atoms with van der Waals surface area (Å²) in [6.07, 6.45) is 1.22. The van der Waals surface area contributed by atoms with Crippen LogP contribution in [-0.4, -0.2) is 20.8 Å². The molecule has 0 heterocycles. The highest BCUT2D eigenvalue weighted by Crippen LogP contribution is 2.15. The molecule has 0 saturated heterocycles. The van der Waals surface area contributed by atoms with E-state index in [1.54, 1.807) is 0 Å². The number of hydrogen-bond donors (Lipinski definition) is 1. The van der Waals surface area contributed by atoms with Gasteiger partial charge in [0.25, 0.3) is 0 Å². The van der Waals surface area contributed by atoms with E-state index >= 15 is 0 Å². The molecule has 0 fully saturated rings. The zero-order chi connectivity index (χ0) is 12.9. The van der Waals surface area contributed by atoms with Crippen LogP contribution in [0.15, 0.2) is 23.1 Å². The Morgan fingerprint density at radius 1 is 1.24 bits per heavy atom. The lowest BCUT2D eigenvalue weighted by molar-refractivity contribution is 0.542. The molecule has 3 nitrogen and oxygen atoms in total. The van der Waals surface area contributed by atoms with Gasteiger partial charge in [0.05, 0.1) is 0 Å². The molecule has 0 radical (unpaired) electrons. The summed E-state index contributed by atoms with van der Waals surface area (Å²) in [5, 5.41) is 0. The molecule has 1 aromatic rings. The van der Waals surface area contributed by atoms with Crippen LogP contribution in [0.4, 0.5) is 8.78 Å². The van der Waals surface area contributed by atoms with Gasteiger partial charge in [-0.05, 0) is 25.0 Å². The van der Waals surface area contributed by atoms with Gasteiger partial charge in [0, 0.05) is 18.5 Å². The number of rotatable bonds is 6. The van der Waals surface area contributed by atoms with Gasteiger partial charge in [0.2, 0.25) is 10.0 Å². The molecule has 0 aromatic heterocycles. The van der Waals surface area contributed by atoms with E-state index in [9.17, 15) is 17.2 Å². The topological polar surface area (TPSA) is 46.2 Å². The number of hydrogen-bond acceptors (Lipinski definition) is 2. The maximum Gasteiger partial charge on any atom is 0.243 e. The maximum atomic E-state index is 13.2. The van der Waals surface area contributed by atoms with E-state index < -0.39 is 26.6 Å². The molecule has 96 valence electrons. The van der Waals surface area contributed by atoms with Gasteiger partial charge in [-0.3, -0.25) is 0 Å². The molecule has 0 unspecified atom stereocenters. The maximum absolute atomic E-state index is 13.2. The number of halogens is 3. The number of alkyl halides is 1. The Labute approximate surface area is 104 Å². The van der Waals surface area contributed by atoms with Crippen LogP contribution in [0.25, 0.3) is 0 Å². The highest BCUT2D eigenvalue weighted by Gasteiger charge is 2.18. The minimum atomic E-state index is -3.92. The molecule has 0 spiro atoms. The number of benzene rings is 1. The minimum Gasteiger partial charge on any atom is -0.211 e. The van der Waals surface area contributed by atoms with E-state index in [1.807, 2.05) is 0 Å². The summed E-state index contributed by atoms with van der Waals surface area (Å²) in [5.74, 6) is -1.48. The molecular weight excluding hydrogens is 272 g/mol. The predicted octanol–water partition coefficient (Wildman–Crippen LogP) is 2.26. The number of sulfonamides is 1. The zero-order valence-electron chi connectivity index (χ0n) is 8.92. The zero-order valence-corrected chi connectivity index (χ0v) is 10.5. The molecule has 7 heteroatoms. The van der Waals surface area contributed by atoms with Crippen molar-refractivity contribution in [2.45, 2.75) is 17.7 Å². The quantitative estimate of drug-likeness (QED) is 0.643. The van der Waals surface area contributed by atoms with Crippen LogP contribution in [0.5, 0.6) is 0 Å². The van der Waals surface area contributed by atoms with Crippen LogP contribution < -0.4 is 4.72 Å². The van der Waals surface area contributed by atoms with Crippen molar-refractivity contribution in [2.75, 3.05) is 12.4 Å². The normalized spacial score (nSPS) is 11.7. The Bertz CT molecular complexity index is 479. The molecule has 0 bridgehead atoms. The fraction of sp³-hybridized carbons (Fsp3) is 0.400. The van der Waals surface area contributed by atoms with E-state index in [0.29, 0.717) is 24.8 Å². The van der Waals surface area contributed by atoms with Crippen molar-refractivity contribution in [2.24, 2.45) is 0 Å². The fourth-order valence-electron chi connectivity index (χ4n) is 1.20. The van der Waals surface area contributed by atoms with Gasteiger partial charge in [-0.2, -0.15) is 0 Å². The lowest BCUT2D eigenvalue weighted by Crippen LogP contribution is -2.25. The van der Waals surface area contributed by atoms with Crippen molar-refractivity contribution >= 4 is 21.6 Å². The number of nitrogens with one attached hydrogen (secondary N) is 1. The molecule has 0 aliphatic rings. The molecule has 0 amide bonds. The highest BCUT2D eigenvalue weighted by molar-refractivity contribution is 7.89. The molecule has 0 atom stereocenters. The van der Waals surface area contributed by atoms with Crippen LogP contribution in [0.1, 0.15) is 12.8 Å². The van der Waals surface area contributed by atoms with Gasteiger partial charge >= 0.3 is 0 Å². The van der Waals surface area contributed by atoms with E-state index in [2.05, 4.69) is 4.72 Å². The standard InChI is InChI=1S/C10H12ClF2NO2S/c11-5-1-2-6-14-17(15,16)10-4-3-8(12)7-9(10)13/h3-4,7,14H,1-2,5-6H2. The van der Waals surface area contributed by atoms with E-state index in [4.69, 9.17) is 11.6 Å². The van der Waals surface area contributed by atoms with Crippen LogP contribution in [0.3, 0.4) is 0 Å². The van der Waals surface area contributed by atoms with Crippen molar-refractivity contribution < 1.29 is 17.2 Å². The van der Waals surface area contributed by atoms with Gasteiger partial charge in [0.1, 0.15) is 16.5 Å². The van der Waals surface area contributed by atoms with Gasteiger partial charge < -0.3 is 0 Å². The van der Waals surface area contributed by atoms with Crippen molar-refractivity contribution in [1.82, 2.24) is 4.72 Å². The van der Waals surface area contributed by atoms with Gasteiger partial charge in [-0.15, -0.1) is 11.6 Å². The van der Waals surface area contributed by atoms with E-state index in [-0.39, 0.29) is 6.54 Å². The first kappa shape index (κ1) is 14.3. The average Bonchev–Trinajstić information content (AvgIpc) is 2.24. The lowest BCUT2D eigenvalue weighted by Gasteiger charge is -2.07. The Balaban J connectivity index is 2.76. The van der Waals surface area contributed by atoms with Crippen molar-refractivity contribution in [3.05, 3.63) is 29.8 Å². The van der Waals surface area contributed by atoms with Crippen molar-refractivity contribution in [3.63, 3.8) is 0 Å². The summed E-state index contributed by atoms with van der Waals surface area (Å²) < 4.78 is 51.3. The molecular formula is C10H12ClF2NO2S. The van der Waals surface area contributed by atoms with E-state index in [0.717, 1.165) is 12.1 Å². The average molecular weight is 284 g/mol. The molecule has 1 rings (SSSR count). The van der Waals surface area contributed by atoms with Crippen LogP contribution >= 0.6 is 11.6 Å². The largest absolute Gasteiger partial charge is 0.243 e. The highest BCUT2D eigenvalue weighted by atomic mass is 35.5. The third-order valence-electron chi connectivity index (χ3n) is 2.04. The summed E-state index contributed by atoms with van der Waals surface area (Å²) in [6, 6.07) is 2.33. The predicted molar refractivity (Wildman–Crippen MR) is 61.5 cm³/mol. The summed E-state index contributed by atoms with van der Waals surface area (Å²) in [6.45, 7) is 0.172. The summed E-state index contributed by atoms with van der Waals surface area (Å²) >= 11 is 5.43. The van der Waals surface area contributed by atoms with E-state index in [1.165, 1.54) is 0 Å². The summed E-state index contributed by atoms with van der Waals surface area (Å²) in [4.78, 5) is -0.551. The molecule has 0 aliphatic heterocycles. The Kier molecular flexibility index (Phi) is 5.30. The Hall–Kier alpha value is -0.720. The summed E-state index contributed by atoms with van der Waals surface area (Å²) in [5.41, 5.74) is 0. The molecule has 1 aromatic carbocycles. The Morgan fingerprint density at radius 3 is 2.53 bits per heavy atom. The molecule has 1 N–H and O–H groups in total. The monoisotopic (exact) mass is 283 g/mol. The molecule has 17 heavy (non-hydrogen) atoms. The second-order valence-corrected chi connectivity index (χ2v) is 5.48. The third-order valence-corrected chi connectivity index (χ3v) is 3.80. The summed E-state index contributed by atoms with van der Waals surface area (Å²) in [7, 11) is -3.92. The van der Waals surface area contributed by atoms with Gasteiger partial charge in [0.15, 0.2) is 0 Å². The van der Waals surface area contributed by atoms with Crippen LogP contribution in [0, 0.1) is 11.6 Å². The second-order valence-electron chi connectivity index (χ2n) is 3.37. The second kappa shape index (κ2) is 6.28.